The summed E-state index contributed by atoms with van der Waals surface area (Å²) in [6, 6.07) is 1.76. The maximum Gasteiger partial charge on any atom is 0.358 e. The summed E-state index contributed by atoms with van der Waals surface area (Å²) in [6.07, 6.45) is 1.55. The molecule has 6 heteroatoms. The van der Waals surface area contributed by atoms with Gasteiger partial charge in [0.15, 0.2) is 11.5 Å². The molecule has 0 unspecified atom stereocenters. The van der Waals surface area contributed by atoms with Crippen molar-refractivity contribution in [1.29, 1.82) is 0 Å². The van der Waals surface area contributed by atoms with Crippen molar-refractivity contribution >= 4 is 23.1 Å². The van der Waals surface area contributed by atoms with Crippen LogP contribution in [-0.4, -0.2) is 23.3 Å². The zero-order valence-electron chi connectivity index (χ0n) is 10.9. The molecule has 0 aromatic carbocycles. The molecular weight excluding hydrogens is 266 g/mol. The van der Waals surface area contributed by atoms with Crippen molar-refractivity contribution in [3.05, 3.63) is 28.7 Å². The molecule has 0 fully saturated rings. The molecule has 19 heavy (non-hydrogen) atoms. The van der Waals surface area contributed by atoms with Crippen LogP contribution in [0.4, 0.5) is 0 Å². The third-order valence-corrected chi connectivity index (χ3v) is 3.69. The molecule has 0 spiro atoms. The first-order valence-electron chi connectivity index (χ1n) is 5.78. The van der Waals surface area contributed by atoms with Gasteiger partial charge in [-0.1, -0.05) is 0 Å². The lowest BCUT2D eigenvalue weighted by atomic mass is 10.2. The molecule has 2 heterocycles. The molecule has 2 aromatic rings. The molecule has 0 aliphatic heterocycles. The Bertz CT molecular complexity index is 626. The van der Waals surface area contributed by atoms with E-state index in [2.05, 4.69) is 4.98 Å². The summed E-state index contributed by atoms with van der Waals surface area (Å²) >= 11 is 1.17. The van der Waals surface area contributed by atoms with Crippen LogP contribution in [0.5, 0.6) is 0 Å². The van der Waals surface area contributed by atoms with Crippen LogP contribution in [-0.2, 0) is 4.74 Å². The van der Waals surface area contributed by atoms with Gasteiger partial charge in [0.05, 0.1) is 18.4 Å². The van der Waals surface area contributed by atoms with Crippen LogP contribution in [0.1, 0.15) is 39.8 Å². The van der Waals surface area contributed by atoms with Crippen molar-refractivity contribution in [2.24, 2.45) is 0 Å². The van der Waals surface area contributed by atoms with Gasteiger partial charge < -0.3 is 9.15 Å². The summed E-state index contributed by atoms with van der Waals surface area (Å²) in [5.41, 5.74) is 0.859. The Morgan fingerprint density at radius 3 is 2.74 bits per heavy atom. The predicted molar refractivity (Wildman–Crippen MR) is 70.5 cm³/mol. The van der Waals surface area contributed by atoms with Gasteiger partial charge in [0.1, 0.15) is 15.6 Å². The summed E-state index contributed by atoms with van der Waals surface area (Å²) in [5.74, 6) is -0.0800. The number of ether oxygens (including phenoxy) is 1. The van der Waals surface area contributed by atoms with Gasteiger partial charge in [0.2, 0.25) is 0 Å². The highest BCUT2D eigenvalue weighted by molar-refractivity contribution is 7.17. The number of aromatic nitrogens is 1. The van der Waals surface area contributed by atoms with Crippen LogP contribution in [0.3, 0.4) is 0 Å². The van der Waals surface area contributed by atoms with E-state index >= 15 is 0 Å². The Morgan fingerprint density at radius 1 is 1.47 bits per heavy atom. The second-order valence-electron chi connectivity index (χ2n) is 3.86. The number of rotatable bonds is 4. The van der Waals surface area contributed by atoms with E-state index in [0.29, 0.717) is 15.6 Å². The maximum atomic E-state index is 11.8. The minimum atomic E-state index is -0.573. The van der Waals surface area contributed by atoms with E-state index in [1.54, 1.807) is 26.2 Å². The van der Waals surface area contributed by atoms with Crippen LogP contribution < -0.4 is 0 Å². The number of carbonyl (C=O) groups excluding carboxylic acids is 2. The first kappa shape index (κ1) is 13.5. The molecule has 0 N–H and O–H groups in total. The molecular formula is C13H13NO4S. The Kier molecular flexibility index (Phi) is 3.80. The van der Waals surface area contributed by atoms with E-state index in [-0.39, 0.29) is 18.1 Å². The fourth-order valence-corrected chi connectivity index (χ4v) is 2.64. The molecule has 0 bridgehead atoms. The topological polar surface area (TPSA) is 69.4 Å². The second-order valence-corrected chi connectivity index (χ2v) is 4.86. The number of hydrogen-bond donors (Lipinski definition) is 0. The second kappa shape index (κ2) is 5.36. The number of nitrogens with zero attached hydrogens (tertiary/aromatic N) is 1. The minimum absolute atomic E-state index is 0.0787. The average Bonchev–Trinajstić information content (AvgIpc) is 2.94. The highest BCUT2D eigenvalue weighted by Crippen LogP contribution is 2.31. The van der Waals surface area contributed by atoms with Crippen LogP contribution >= 0.6 is 11.3 Å². The molecule has 0 amide bonds. The largest absolute Gasteiger partial charge is 0.469 e. The number of hydrogen-bond acceptors (Lipinski definition) is 6. The van der Waals surface area contributed by atoms with Gasteiger partial charge >= 0.3 is 5.97 Å². The number of aryl methyl sites for hydroxylation is 1. The third kappa shape index (κ3) is 2.58. The molecule has 0 radical (unpaired) electrons. The van der Waals surface area contributed by atoms with Crippen LogP contribution in [0, 0.1) is 6.92 Å². The molecule has 0 saturated carbocycles. The molecule has 0 aliphatic carbocycles. The molecule has 0 saturated heterocycles. The molecule has 0 aliphatic rings. The van der Waals surface area contributed by atoms with Crippen molar-refractivity contribution in [1.82, 2.24) is 4.98 Å². The highest BCUT2D eigenvalue weighted by atomic mass is 32.1. The maximum absolute atomic E-state index is 11.8. The lowest BCUT2D eigenvalue weighted by Crippen LogP contribution is -2.09. The number of Topliss-reactive ketones (excluding diaryl/α,β-unsaturated/α-hetero) is 1. The van der Waals surface area contributed by atoms with E-state index < -0.39 is 5.97 Å². The van der Waals surface area contributed by atoms with Crippen molar-refractivity contribution in [2.45, 2.75) is 20.8 Å². The summed E-state index contributed by atoms with van der Waals surface area (Å²) in [4.78, 5) is 27.9. The SMILES string of the molecule is CCOC(=O)c1nc(-c2ccoc2C)sc1C(C)=O. The van der Waals surface area contributed by atoms with Gasteiger partial charge in [-0.2, -0.15) is 0 Å². The molecule has 0 atom stereocenters. The quantitative estimate of drug-likeness (QED) is 0.635. The van der Waals surface area contributed by atoms with Gasteiger partial charge in [-0.3, -0.25) is 4.79 Å². The van der Waals surface area contributed by atoms with Crippen LogP contribution in [0.2, 0.25) is 0 Å². The molecule has 2 rings (SSSR count). The smallest absolute Gasteiger partial charge is 0.358 e. The average molecular weight is 279 g/mol. The highest BCUT2D eigenvalue weighted by Gasteiger charge is 2.23. The Balaban J connectivity index is 2.49. The van der Waals surface area contributed by atoms with Crippen LogP contribution in [0.15, 0.2) is 16.7 Å². The monoisotopic (exact) mass is 279 g/mol. The van der Waals surface area contributed by atoms with E-state index in [1.807, 2.05) is 0 Å². The van der Waals surface area contributed by atoms with E-state index in [0.717, 1.165) is 5.56 Å². The lowest BCUT2D eigenvalue weighted by Gasteiger charge is -1.98. The number of esters is 1. The molecule has 5 nitrogen and oxygen atoms in total. The van der Waals surface area contributed by atoms with Crippen LogP contribution in [0.25, 0.3) is 10.6 Å². The first-order valence-corrected chi connectivity index (χ1v) is 6.59. The van der Waals surface area contributed by atoms with Gasteiger partial charge in [-0.05, 0) is 19.9 Å². The van der Waals surface area contributed by atoms with Gasteiger partial charge in [-0.25, -0.2) is 9.78 Å². The van der Waals surface area contributed by atoms with Gasteiger partial charge in [0, 0.05) is 6.92 Å². The fraction of sp³-hybridized carbons (Fsp3) is 0.308. The number of furan rings is 1. The van der Waals surface area contributed by atoms with Gasteiger partial charge in [0.25, 0.3) is 0 Å². The van der Waals surface area contributed by atoms with E-state index in [9.17, 15) is 9.59 Å². The molecule has 100 valence electrons. The zero-order valence-corrected chi connectivity index (χ0v) is 11.7. The number of thiazole rings is 1. The predicted octanol–water partition coefficient (Wildman–Crippen LogP) is 3.09. The van der Waals surface area contributed by atoms with Gasteiger partial charge in [-0.15, -0.1) is 11.3 Å². The van der Waals surface area contributed by atoms with E-state index in [4.69, 9.17) is 9.15 Å². The third-order valence-electron chi connectivity index (χ3n) is 2.50. The lowest BCUT2D eigenvalue weighted by molar-refractivity contribution is 0.0517. The Morgan fingerprint density at radius 2 is 2.21 bits per heavy atom. The zero-order chi connectivity index (χ0) is 14.0. The van der Waals surface area contributed by atoms with Crippen molar-refractivity contribution in [3.63, 3.8) is 0 Å². The summed E-state index contributed by atoms with van der Waals surface area (Å²) in [6.45, 7) is 5.16. The standard InChI is InChI=1S/C13H13NO4S/c1-4-17-13(16)10-11(7(2)15)19-12(14-10)9-5-6-18-8(9)3/h5-6H,4H2,1-3H3. The van der Waals surface area contributed by atoms with E-state index in [1.165, 1.54) is 18.3 Å². The minimum Gasteiger partial charge on any atom is -0.469 e. The fourth-order valence-electron chi connectivity index (χ4n) is 1.62. The number of carbonyl (C=O) groups is 2. The summed E-state index contributed by atoms with van der Waals surface area (Å²) < 4.78 is 10.1. The van der Waals surface area contributed by atoms with Crippen molar-refractivity contribution < 1.29 is 18.7 Å². The van der Waals surface area contributed by atoms with Crippen molar-refractivity contribution in [2.75, 3.05) is 6.61 Å². The van der Waals surface area contributed by atoms with Crippen molar-refractivity contribution in [3.8, 4) is 10.6 Å². The summed E-state index contributed by atoms with van der Waals surface area (Å²) in [5, 5.41) is 0.583. The summed E-state index contributed by atoms with van der Waals surface area (Å²) in [7, 11) is 0. The Hall–Kier alpha value is -1.95. The Labute approximate surface area is 114 Å². The normalized spacial score (nSPS) is 10.5. The number of ketones is 1. The molecule has 2 aromatic heterocycles. The first-order chi connectivity index (χ1) is 9.04.